The van der Waals surface area contributed by atoms with Gasteiger partial charge in [-0.25, -0.2) is 13.1 Å². The highest BCUT2D eigenvalue weighted by molar-refractivity contribution is 9.10. The van der Waals surface area contributed by atoms with Crippen LogP contribution in [0.25, 0.3) is 0 Å². The molecule has 0 radical (unpaired) electrons. The average Bonchev–Trinajstić information content (AvgIpc) is 2.88. The van der Waals surface area contributed by atoms with Crippen LogP contribution in [-0.4, -0.2) is 33.8 Å². The molecule has 0 unspecified atom stereocenters. The molecule has 0 amide bonds. The van der Waals surface area contributed by atoms with E-state index in [2.05, 4.69) is 26.7 Å². The van der Waals surface area contributed by atoms with E-state index in [1.54, 1.807) is 6.07 Å². The Morgan fingerprint density at radius 2 is 2.26 bits per heavy atom. The van der Waals surface area contributed by atoms with Gasteiger partial charge in [-0.1, -0.05) is 15.9 Å². The number of halogens is 1. The minimum atomic E-state index is -3.25. The van der Waals surface area contributed by atoms with E-state index in [9.17, 15) is 8.42 Å². The van der Waals surface area contributed by atoms with Crippen LogP contribution in [0.4, 0.5) is 5.69 Å². The van der Waals surface area contributed by atoms with E-state index in [1.807, 2.05) is 17.0 Å². The molecule has 5 nitrogen and oxygen atoms in total. The van der Waals surface area contributed by atoms with Crippen LogP contribution < -0.4 is 9.62 Å². The minimum absolute atomic E-state index is 0.416. The molecule has 1 N–H and O–H groups in total. The van der Waals surface area contributed by atoms with E-state index in [-0.39, 0.29) is 0 Å². The topological polar surface area (TPSA) is 73.2 Å². The number of rotatable bonds is 3. The molecule has 1 atom stereocenters. The molecule has 1 saturated heterocycles. The molecule has 1 aliphatic rings. The molecule has 0 aliphatic carbocycles. The average molecular weight is 344 g/mol. The van der Waals surface area contributed by atoms with Crippen molar-refractivity contribution in [2.24, 2.45) is 0 Å². The Morgan fingerprint density at radius 1 is 1.53 bits per heavy atom. The first-order chi connectivity index (χ1) is 8.97. The second kappa shape index (κ2) is 5.49. The van der Waals surface area contributed by atoms with Crippen molar-refractivity contribution >= 4 is 31.6 Å². The zero-order valence-electron chi connectivity index (χ0n) is 10.4. The van der Waals surface area contributed by atoms with E-state index < -0.39 is 15.3 Å². The van der Waals surface area contributed by atoms with Crippen molar-refractivity contribution in [3.8, 4) is 6.07 Å². The number of nitriles is 1. The Hall–Kier alpha value is -1.10. The maximum Gasteiger partial charge on any atom is 0.216 e. The maximum atomic E-state index is 11.8. The summed E-state index contributed by atoms with van der Waals surface area (Å²) in [5.41, 5.74) is 1.34. The molecule has 0 bridgehead atoms. The monoisotopic (exact) mass is 343 g/mol. The Bertz CT molecular complexity index is 624. The van der Waals surface area contributed by atoms with Crippen LogP contribution in [0.15, 0.2) is 22.7 Å². The van der Waals surface area contributed by atoms with Gasteiger partial charge in [-0.3, -0.25) is 0 Å². The zero-order valence-corrected chi connectivity index (χ0v) is 12.8. The summed E-state index contributed by atoms with van der Waals surface area (Å²) in [7, 11) is -1.82. The zero-order chi connectivity index (χ0) is 14.0. The molecule has 1 fully saturated rings. The first-order valence-electron chi connectivity index (χ1n) is 5.85. The second-order valence-electron chi connectivity index (χ2n) is 4.38. The maximum absolute atomic E-state index is 11.8. The number of benzene rings is 1. The minimum Gasteiger partial charge on any atom is -0.369 e. The second-order valence-corrected chi connectivity index (χ2v) is 7.46. The normalized spacial score (nSPS) is 19.4. The van der Waals surface area contributed by atoms with Crippen LogP contribution in [0.3, 0.4) is 0 Å². The molecule has 1 aliphatic heterocycles. The summed E-state index contributed by atoms with van der Waals surface area (Å²) in [6.07, 6.45) is 0.574. The van der Waals surface area contributed by atoms with E-state index in [0.29, 0.717) is 25.1 Å². The fourth-order valence-corrected chi connectivity index (χ4v) is 3.73. The van der Waals surface area contributed by atoms with Gasteiger partial charge < -0.3 is 4.90 Å². The predicted molar refractivity (Wildman–Crippen MR) is 77.5 cm³/mol. The summed E-state index contributed by atoms with van der Waals surface area (Å²) >= 11 is 3.32. The van der Waals surface area contributed by atoms with E-state index in [4.69, 9.17) is 5.26 Å². The number of sulfonamides is 1. The highest BCUT2D eigenvalue weighted by Crippen LogP contribution is 2.28. The molecule has 0 aromatic heterocycles. The van der Waals surface area contributed by atoms with Gasteiger partial charge in [0.2, 0.25) is 10.0 Å². The van der Waals surface area contributed by atoms with Gasteiger partial charge in [-0.15, -0.1) is 0 Å². The summed E-state index contributed by atoms with van der Waals surface area (Å²) in [4.78, 5) is 1.95. The lowest BCUT2D eigenvalue weighted by Crippen LogP contribution is -2.34. The Balaban J connectivity index is 2.25. The van der Waals surface area contributed by atoms with Crippen LogP contribution in [0.5, 0.6) is 0 Å². The molecular weight excluding hydrogens is 330 g/mol. The van der Waals surface area contributed by atoms with Crippen LogP contribution in [0, 0.1) is 11.3 Å². The standard InChI is InChI=1S/C12H14BrN3O2S/c1-15-19(17,18)11-4-5-16(8-11)12-3-2-10(13)6-9(12)7-14/h2-3,6,11,15H,4-5,8H2,1H3/t11-/m1/s1. The molecule has 19 heavy (non-hydrogen) atoms. The van der Waals surface area contributed by atoms with Crippen LogP contribution in [-0.2, 0) is 10.0 Å². The van der Waals surface area contributed by atoms with Gasteiger partial charge in [-0.2, -0.15) is 5.26 Å². The molecule has 0 spiro atoms. The lowest BCUT2D eigenvalue weighted by Gasteiger charge is -2.20. The number of nitrogens with one attached hydrogen (secondary N) is 1. The SMILES string of the molecule is CNS(=O)(=O)[C@@H]1CCN(c2ccc(Br)cc2C#N)C1. The first-order valence-corrected chi connectivity index (χ1v) is 8.19. The molecule has 7 heteroatoms. The smallest absolute Gasteiger partial charge is 0.216 e. The third-order valence-electron chi connectivity index (χ3n) is 3.29. The molecule has 102 valence electrons. The molecule has 0 saturated carbocycles. The van der Waals surface area contributed by atoms with E-state index in [1.165, 1.54) is 7.05 Å². The Labute approximate surface area is 121 Å². The van der Waals surface area contributed by atoms with Crippen LogP contribution >= 0.6 is 15.9 Å². The fourth-order valence-electron chi connectivity index (χ4n) is 2.24. The van der Waals surface area contributed by atoms with Gasteiger partial charge in [-0.05, 0) is 31.7 Å². The predicted octanol–water partition coefficient (Wildman–Crippen LogP) is 1.45. The van der Waals surface area contributed by atoms with Crippen molar-refractivity contribution in [1.82, 2.24) is 4.72 Å². The summed E-state index contributed by atoms with van der Waals surface area (Å²) in [6.45, 7) is 1.06. The highest BCUT2D eigenvalue weighted by atomic mass is 79.9. The van der Waals surface area contributed by atoms with E-state index >= 15 is 0 Å². The molecule has 1 aromatic rings. The molecule has 2 rings (SSSR count). The van der Waals surface area contributed by atoms with Crippen LogP contribution in [0.1, 0.15) is 12.0 Å². The summed E-state index contributed by atoms with van der Waals surface area (Å²) in [6, 6.07) is 7.59. The largest absolute Gasteiger partial charge is 0.369 e. The number of hydrogen-bond donors (Lipinski definition) is 1. The van der Waals surface area contributed by atoms with E-state index in [0.717, 1.165) is 10.2 Å². The van der Waals surface area contributed by atoms with Gasteiger partial charge >= 0.3 is 0 Å². The van der Waals surface area contributed by atoms with Gasteiger partial charge in [0.25, 0.3) is 0 Å². The van der Waals surface area contributed by atoms with Crippen molar-refractivity contribution in [3.63, 3.8) is 0 Å². The number of nitrogens with zero attached hydrogens (tertiary/aromatic N) is 2. The highest BCUT2D eigenvalue weighted by Gasteiger charge is 2.32. The molecule has 1 aromatic carbocycles. The molecule has 1 heterocycles. The lowest BCUT2D eigenvalue weighted by molar-refractivity contribution is 0.575. The Morgan fingerprint density at radius 3 is 2.89 bits per heavy atom. The number of hydrogen-bond acceptors (Lipinski definition) is 4. The third-order valence-corrected chi connectivity index (χ3v) is 5.61. The van der Waals surface area contributed by atoms with Gasteiger partial charge in [0, 0.05) is 17.6 Å². The summed E-state index contributed by atoms with van der Waals surface area (Å²) < 4.78 is 26.8. The van der Waals surface area contributed by atoms with Crippen molar-refractivity contribution < 1.29 is 8.42 Å². The van der Waals surface area contributed by atoms with Crippen LogP contribution in [0.2, 0.25) is 0 Å². The van der Waals surface area contributed by atoms with Crippen molar-refractivity contribution in [2.45, 2.75) is 11.7 Å². The summed E-state index contributed by atoms with van der Waals surface area (Å²) in [5.74, 6) is 0. The quantitative estimate of drug-likeness (QED) is 0.901. The van der Waals surface area contributed by atoms with Crippen molar-refractivity contribution in [2.75, 3.05) is 25.0 Å². The lowest BCUT2D eigenvalue weighted by atomic mass is 10.2. The van der Waals surface area contributed by atoms with Crippen molar-refractivity contribution in [3.05, 3.63) is 28.2 Å². The first kappa shape index (κ1) is 14.3. The fraction of sp³-hybridized carbons (Fsp3) is 0.417. The Kier molecular flexibility index (Phi) is 4.13. The van der Waals surface area contributed by atoms with Gasteiger partial charge in [0.05, 0.1) is 16.5 Å². The molecular formula is C12H14BrN3O2S. The van der Waals surface area contributed by atoms with Gasteiger partial charge in [0.15, 0.2) is 0 Å². The number of anilines is 1. The van der Waals surface area contributed by atoms with Crippen molar-refractivity contribution in [1.29, 1.82) is 5.26 Å². The van der Waals surface area contributed by atoms with Gasteiger partial charge in [0.1, 0.15) is 6.07 Å². The summed E-state index contributed by atoms with van der Waals surface area (Å²) in [5, 5.41) is 8.72. The third kappa shape index (κ3) is 2.91.